The van der Waals surface area contributed by atoms with E-state index in [9.17, 15) is 14.4 Å². The van der Waals surface area contributed by atoms with Crippen LogP contribution in [0, 0.1) is 17.8 Å². The minimum atomic E-state index is -0.943. The second-order valence-corrected chi connectivity index (χ2v) is 11.7. The van der Waals surface area contributed by atoms with E-state index in [0.717, 1.165) is 49.4 Å². The first kappa shape index (κ1) is 27.3. The summed E-state index contributed by atoms with van der Waals surface area (Å²) in [5, 5.41) is 2.70. The van der Waals surface area contributed by atoms with Crippen LogP contribution >= 0.6 is 0 Å². The van der Waals surface area contributed by atoms with E-state index in [2.05, 4.69) is 27.3 Å². The standard InChI is InChI=1S/C28H40N8O3/c1-28(2,30)25(37)34-12-14-35(15-13-34)26(38)31-24-9-11-36(27(39)32-24)20-7-5-19(6-8-20)4-3-10-33-17-22-21(16-29)23(22)18-33/h5-9,11,21-23H,3-4,10,12-18,29-30H2,1-2H3,(H,31,32,38,39). The SMILES string of the molecule is CC(C)(N)C(=O)N1CCN(C(=O)Nc2ccn(-c3ccc(CCCN4CC5C(CN)C5C4)cc3)c(=O)n2)CC1. The molecule has 2 unspecified atom stereocenters. The van der Waals surface area contributed by atoms with Gasteiger partial charge in [-0.1, -0.05) is 12.1 Å². The lowest BCUT2D eigenvalue weighted by atomic mass is 10.1. The van der Waals surface area contributed by atoms with Gasteiger partial charge in [0.25, 0.3) is 0 Å². The molecule has 2 aromatic rings. The van der Waals surface area contributed by atoms with Gasteiger partial charge in [-0.15, -0.1) is 0 Å². The molecule has 2 atom stereocenters. The summed E-state index contributed by atoms with van der Waals surface area (Å²) in [4.78, 5) is 47.6. The average Bonchev–Trinajstić information content (AvgIpc) is 3.40. The number of aromatic nitrogens is 2. The molecule has 39 heavy (non-hydrogen) atoms. The number of carbonyl (C=O) groups is 2. The molecule has 1 aliphatic carbocycles. The Morgan fingerprint density at radius 2 is 1.67 bits per heavy atom. The van der Waals surface area contributed by atoms with E-state index in [1.807, 2.05) is 12.1 Å². The van der Waals surface area contributed by atoms with E-state index in [-0.39, 0.29) is 17.8 Å². The molecule has 1 aromatic heterocycles. The van der Waals surface area contributed by atoms with E-state index >= 15 is 0 Å². The largest absolute Gasteiger partial charge is 0.354 e. The number of nitrogens with two attached hydrogens (primary N) is 2. The fourth-order valence-corrected chi connectivity index (χ4v) is 5.98. The average molecular weight is 537 g/mol. The first-order valence-corrected chi connectivity index (χ1v) is 13.9. The molecule has 0 bridgehead atoms. The number of benzene rings is 1. The number of fused-ring (bicyclic) bond motifs is 1. The molecule has 11 heteroatoms. The van der Waals surface area contributed by atoms with E-state index < -0.39 is 11.2 Å². The fourth-order valence-electron chi connectivity index (χ4n) is 5.98. The summed E-state index contributed by atoms with van der Waals surface area (Å²) in [6.07, 6.45) is 3.72. The van der Waals surface area contributed by atoms with Gasteiger partial charge in [-0.2, -0.15) is 4.98 Å². The number of urea groups is 1. The number of carbonyl (C=O) groups excluding carboxylic acids is 2. The Hall–Kier alpha value is -3.28. The van der Waals surface area contributed by atoms with Crippen LogP contribution in [0.1, 0.15) is 25.8 Å². The monoisotopic (exact) mass is 536 g/mol. The van der Waals surface area contributed by atoms with Crippen LogP contribution < -0.4 is 22.5 Å². The van der Waals surface area contributed by atoms with Gasteiger partial charge in [0.15, 0.2) is 0 Å². The molecule has 11 nitrogen and oxygen atoms in total. The van der Waals surface area contributed by atoms with E-state index in [1.165, 1.54) is 23.2 Å². The number of nitrogens with one attached hydrogen (secondary N) is 1. The highest BCUT2D eigenvalue weighted by molar-refractivity contribution is 5.89. The zero-order valence-electron chi connectivity index (χ0n) is 22.9. The number of rotatable bonds is 8. The van der Waals surface area contributed by atoms with Crippen molar-refractivity contribution in [2.24, 2.45) is 29.2 Å². The van der Waals surface area contributed by atoms with Crippen LogP contribution in [0.25, 0.3) is 5.69 Å². The maximum atomic E-state index is 12.7. The molecular formula is C28H40N8O3. The van der Waals surface area contributed by atoms with Crippen LogP contribution in [0.2, 0.25) is 0 Å². The Morgan fingerprint density at radius 1 is 1.03 bits per heavy atom. The van der Waals surface area contributed by atoms with Crippen molar-refractivity contribution in [1.29, 1.82) is 0 Å². The van der Waals surface area contributed by atoms with Crippen LogP contribution in [0.4, 0.5) is 10.6 Å². The maximum absolute atomic E-state index is 12.7. The van der Waals surface area contributed by atoms with Gasteiger partial charge in [0.05, 0.1) is 11.2 Å². The van der Waals surface area contributed by atoms with Crippen molar-refractivity contribution >= 4 is 17.8 Å². The Labute approximate surface area is 229 Å². The summed E-state index contributed by atoms with van der Waals surface area (Å²) in [5.41, 5.74) is 12.3. The molecule has 5 rings (SSSR count). The third-order valence-corrected chi connectivity index (χ3v) is 8.32. The molecule has 5 N–H and O–H groups in total. The van der Waals surface area contributed by atoms with Gasteiger partial charge in [0, 0.05) is 45.5 Å². The molecule has 0 radical (unpaired) electrons. The number of piperazine rings is 1. The predicted molar refractivity (Wildman–Crippen MR) is 150 cm³/mol. The normalized spacial score (nSPS) is 23.0. The Kier molecular flexibility index (Phi) is 7.75. The van der Waals surface area contributed by atoms with Crippen molar-refractivity contribution in [3.8, 4) is 5.69 Å². The number of amides is 3. The lowest BCUT2D eigenvalue weighted by molar-refractivity contribution is -0.137. The second kappa shape index (κ2) is 11.1. The molecule has 210 valence electrons. The molecule has 1 aromatic carbocycles. The minimum Gasteiger partial charge on any atom is -0.338 e. The number of nitrogens with zero attached hydrogens (tertiary/aromatic N) is 5. The zero-order valence-corrected chi connectivity index (χ0v) is 22.9. The smallest absolute Gasteiger partial charge is 0.338 e. The molecule has 3 heterocycles. The fraction of sp³-hybridized carbons (Fsp3) is 0.571. The van der Waals surface area contributed by atoms with E-state index in [4.69, 9.17) is 11.5 Å². The quantitative estimate of drug-likeness (QED) is 0.451. The van der Waals surface area contributed by atoms with Crippen molar-refractivity contribution in [3.63, 3.8) is 0 Å². The molecule has 3 aliphatic rings. The van der Waals surface area contributed by atoms with Gasteiger partial charge >= 0.3 is 11.7 Å². The zero-order chi connectivity index (χ0) is 27.7. The van der Waals surface area contributed by atoms with Gasteiger partial charge in [-0.25, -0.2) is 9.59 Å². The minimum absolute atomic E-state index is 0.138. The van der Waals surface area contributed by atoms with Gasteiger partial charge in [0.1, 0.15) is 5.82 Å². The maximum Gasteiger partial charge on any atom is 0.354 e. The highest BCUT2D eigenvalue weighted by Gasteiger charge is 2.54. The first-order chi connectivity index (χ1) is 18.6. The molecular weight excluding hydrogens is 496 g/mol. The van der Waals surface area contributed by atoms with Crippen LogP contribution in [0.5, 0.6) is 0 Å². The highest BCUT2D eigenvalue weighted by Crippen LogP contribution is 2.50. The summed E-state index contributed by atoms with van der Waals surface area (Å²) in [6, 6.07) is 9.22. The molecule has 0 spiro atoms. The number of aryl methyl sites for hydroxylation is 1. The molecule has 3 amide bonds. The van der Waals surface area contributed by atoms with Gasteiger partial charge in [-0.05, 0) is 81.3 Å². The first-order valence-electron chi connectivity index (χ1n) is 13.9. The second-order valence-electron chi connectivity index (χ2n) is 11.7. The van der Waals surface area contributed by atoms with Crippen molar-refractivity contribution in [2.45, 2.75) is 32.2 Å². The van der Waals surface area contributed by atoms with Gasteiger partial charge in [-0.3, -0.25) is 14.7 Å². The summed E-state index contributed by atoms with van der Waals surface area (Å²) in [5.74, 6) is 2.48. The van der Waals surface area contributed by atoms with Crippen molar-refractivity contribution < 1.29 is 9.59 Å². The van der Waals surface area contributed by atoms with Crippen molar-refractivity contribution in [2.75, 3.05) is 57.7 Å². The Bertz CT molecular complexity index is 1230. The summed E-state index contributed by atoms with van der Waals surface area (Å²) < 4.78 is 1.46. The number of hydrogen-bond acceptors (Lipinski definition) is 7. The third kappa shape index (κ3) is 6.15. The Balaban J connectivity index is 1.09. The lowest BCUT2D eigenvalue weighted by Crippen LogP contribution is -2.58. The predicted octanol–water partition coefficient (Wildman–Crippen LogP) is 0.715. The number of likely N-dealkylation sites (tertiary alicyclic amines) is 1. The molecule has 1 saturated carbocycles. The van der Waals surface area contributed by atoms with E-state index in [0.29, 0.717) is 26.2 Å². The van der Waals surface area contributed by atoms with Gasteiger partial charge < -0.3 is 26.2 Å². The van der Waals surface area contributed by atoms with Crippen molar-refractivity contribution in [1.82, 2.24) is 24.3 Å². The summed E-state index contributed by atoms with van der Waals surface area (Å²) in [7, 11) is 0. The van der Waals surface area contributed by atoms with Crippen LogP contribution in [-0.4, -0.2) is 94.1 Å². The van der Waals surface area contributed by atoms with Crippen LogP contribution in [0.15, 0.2) is 41.3 Å². The number of anilines is 1. The van der Waals surface area contributed by atoms with Gasteiger partial charge in [0.2, 0.25) is 5.91 Å². The van der Waals surface area contributed by atoms with Crippen LogP contribution in [-0.2, 0) is 11.2 Å². The number of piperidine rings is 1. The summed E-state index contributed by atoms with van der Waals surface area (Å²) >= 11 is 0. The highest BCUT2D eigenvalue weighted by atomic mass is 16.2. The summed E-state index contributed by atoms with van der Waals surface area (Å²) in [6.45, 7) is 9.27. The van der Waals surface area contributed by atoms with Crippen LogP contribution in [0.3, 0.4) is 0 Å². The number of hydrogen-bond donors (Lipinski definition) is 3. The molecule has 2 saturated heterocycles. The molecule has 3 fully saturated rings. The van der Waals surface area contributed by atoms with Crippen molar-refractivity contribution in [3.05, 3.63) is 52.6 Å². The Morgan fingerprint density at radius 3 is 2.26 bits per heavy atom. The third-order valence-electron chi connectivity index (χ3n) is 8.32. The topological polar surface area (TPSA) is 143 Å². The molecule has 2 aliphatic heterocycles. The lowest BCUT2D eigenvalue weighted by Gasteiger charge is -2.37. The van der Waals surface area contributed by atoms with E-state index in [1.54, 1.807) is 35.9 Å².